The standard InChI is InChI=1S/C25H18BrNO4/c1-27-20-9-5-4-8-19(20)24(23(27)30,14-15-10-12-16(26)13-11-15)25(31)21(28)17-6-2-3-7-18(17)22(25)29/h2-13,31H,14H2,1H3. The molecule has 0 spiro atoms. The van der Waals surface area contributed by atoms with E-state index in [4.69, 9.17) is 0 Å². The molecule has 5 rings (SSSR count). The number of aliphatic hydroxyl groups is 1. The van der Waals surface area contributed by atoms with Crippen LogP contribution in [0.4, 0.5) is 5.69 Å². The molecule has 3 aromatic carbocycles. The van der Waals surface area contributed by atoms with Crippen LogP contribution in [0, 0.1) is 0 Å². The van der Waals surface area contributed by atoms with E-state index in [1.54, 1.807) is 43.4 Å². The van der Waals surface area contributed by atoms with E-state index < -0.39 is 28.5 Å². The number of ketones is 2. The molecule has 3 aromatic rings. The fraction of sp³-hybridized carbons (Fsp3) is 0.160. The molecule has 31 heavy (non-hydrogen) atoms. The number of carbonyl (C=O) groups is 3. The predicted octanol–water partition coefficient (Wildman–Crippen LogP) is 3.72. The average Bonchev–Trinajstić information content (AvgIpc) is 3.13. The van der Waals surface area contributed by atoms with Crippen molar-refractivity contribution in [2.75, 3.05) is 11.9 Å². The quantitative estimate of drug-likeness (QED) is 0.585. The Morgan fingerprint density at radius 1 is 0.839 bits per heavy atom. The first-order chi connectivity index (χ1) is 14.8. The summed E-state index contributed by atoms with van der Waals surface area (Å²) >= 11 is 3.40. The van der Waals surface area contributed by atoms with Gasteiger partial charge in [0, 0.05) is 28.3 Å². The maximum atomic E-state index is 13.8. The van der Waals surface area contributed by atoms with Gasteiger partial charge >= 0.3 is 0 Å². The molecule has 2 aliphatic rings. The minimum atomic E-state index is -2.54. The number of hydrogen-bond donors (Lipinski definition) is 1. The Labute approximate surface area is 187 Å². The number of benzene rings is 3. The number of amides is 1. The molecule has 0 aromatic heterocycles. The highest BCUT2D eigenvalue weighted by Gasteiger charge is 2.71. The maximum Gasteiger partial charge on any atom is 0.241 e. The number of carbonyl (C=O) groups excluding carboxylic acids is 3. The minimum absolute atomic E-state index is 0.00242. The summed E-state index contributed by atoms with van der Waals surface area (Å²) in [7, 11) is 1.60. The minimum Gasteiger partial charge on any atom is -0.373 e. The molecule has 1 aliphatic heterocycles. The monoisotopic (exact) mass is 475 g/mol. The highest BCUT2D eigenvalue weighted by molar-refractivity contribution is 9.10. The third kappa shape index (κ3) is 2.43. The Balaban J connectivity index is 1.81. The lowest BCUT2D eigenvalue weighted by atomic mass is 9.62. The van der Waals surface area contributed by atoms with Crippen LogP contribution >= 0.6 is 15.9 Å². The van der Waals surface area contributed by atoms with E-state index in [0.717, 1.165) is 10.0 Å². The van der Waals surface area contributed by atoms with Crippen molar-refractivity contribution in [3.63, 3.8) is 0 Å². The lowest BCUT2D eigenvalue weighted by molar-refractivity contribution is -0.128. The SMILES string of the molecule is CN1C(=O)C(Cc2ccc(Br)cc2)(C2(O)C(=O)c3ccccc3C2=O)c2ccccc21. The van der Waals surface area contributed by atoms with Gasteiger partial charge in [-0.05, 0) is 35.7 Å². The van der Waals surface area contributed by atoms with Gasteiger partial charge in [0.25, 0.3) is 0 Å². The maximum absolute atomic E-state index is 13.8. The molecule has 5 nitrogen and oxygen atoms in total. The summed E-state index contributed by atoms with van der Waals surface area (Å²) in [6.45, 7) is 0. The van der Waals surface area contributed by atoms with Gasteiger partial charge in [0.1, 0.15) is 5.41 Å². The van der Waals surface area contributed by atoms with Gasteiger partial charge in [-0.3, -0.25) is 14.4 Å². The molecule has 0 bridgehead atoms. The van der Waals surface area contributed by atoms with Crippen LogP contribution in [0.2, 0.25) is 0 Å². The molecule has 1 amide bonds. The summed E-state index contributed by atoms with van der Waals surface area (Å²) in [5.41, 5.74) is -2.25. The van der Waals surface area contributed by atoms with Gasteiger partial charge in [0.2, 0.25) is 23.1 Å². The molecular weight excluding hydrogens is 458 g/mol. The Morgan fingerprint density at radius 2 is 1.39 bits per heavy atom. The molecule has 0 saturated carbocycles. The van der Waals surface area contributed by atoms with Crippen molar-refractivity contribution < 1.29 is 19.5 Å². The first kappa shape index (κ1) is 19.8. The van der Waals surface area contributed by atoms with Crippen LogP contribution in [0.25, 0.3) is 0 Å². The molecule has 0 fully saturated rings. The van der Waals surface area contributed by atoms with Crippen LogP contribution in [0.15, 0.2) is 77.3 Å². The van der Waals surface area contributed by atoms with Crippen LogP contribution in [0.3, 0.4) is 0 Å². The fourth-order valence-electron chi connectivity index (χ4n) is 4.95. The third-order valence-corrected chi connectivity index (χ3v) is 7.00. The number of hydrogen-bond acceptors (Lipinski definition) is 4. The van der Waals surface area contributed by atoms with Crippen LogP contribution in [0.1, 0.15) is 31.8 Å². The summed E-state index contributed by atoms with van der Waals surface area (Å²) in [6, 6.07) is 20.7. The number of nitrogens with zero attached hydrogens (tertiary/aromatic N) is 1. The van der Waals surface area contributed by atoms with E-state index in [1.165, 1.54) is 17.0 Å². The van der Waals surface area contributed by atoms with Crippen molar-refractivity contribution in [2.45, 2.75) is 17.4 Å². The van der Waals surface area contributed by atoms with Crippen LogP contribution in [-0.2, 0) is 16.6 Å². The second-order valence-corrected chi connectivity index (χ2v) is 8.92. The summed E-state index contributed by atoms with van der Waals surface area (Å²) in [4.78, 5) is 42.4. The molecule has 1 heterocycles. The lowest BCUT2D eigenvalue weighted by Crippen LogP contribution is -2.64. The number of rotatable bonds is 3. The van der Waals surface area contributed by atoms with Gasteiger partial charge in [0.05, 0.1) is 0 Å². The number of Topliss-reactive ketones (excluding diaryl/α,β-unsaturated/α-hetero) is 2. The molecule has 1 N–H and O–H groups in total. The van der Waals surface area contributed by atoms with Crippen LogP contribution < -0.4 is 4.90 Å². The fourth-order valence-corrected chi connectivity index (χ4v) is 5.22. The molecule has 6 heteroatoms. The Bertz CT molecular complexity index is 1230. The summed E-state index contributed by atoms with van der Waals surface area (Å²) in [5, 5.41) is 12.0. The van der Waals surface area contributed by atoms with E-state index in [9.17, 15) is 19.5 Å². The second-order valence-electron chi connectivity index (χ2n) is 8.00. The number of halogens is 1. The topological polar surface area (TPSA) is 74.7 Å². The van der Waals surface area contributed by atoms with Crippen molar-refractivity contribution >= 4 is 39.1 Å². The molecule has 1 atom stereocenters. The van der Waals surface area contributed by atoms with Gasteiger partial charge in [-0.2, -0.15) is 0 Å². The zero-order valence-corrected chi connectivity index (χ0v) is 18.2. The van der Waals surface area contributed by atoms with Gasteiger partial charge < -0.3 is 10.0 Å². The van der Waals surface area contributed by atoms with Gasteiger partial charge in [-0.1, -0.05) is 70.5 Å². The van der Waals surface area contributed by atoms with E-state index in [0.29, 0.717) is 11.3 Å². The highest BCUT2D eigenvalue weighted by Crippen LogP contribution is 2.53. The molecular formula is C25H18BrNO4. The zero-order valence-electron chi connectivity index (χ0n) is 16.6. The van der Waals surface area contributed by atoms with Gasteiger partial charge in [0.15, 0.2) is 0 Å². The first-order valence-corrected chi connectivity index (χ1v) is 10.6. The molecule has 0 radical (unpaired) electrons. The van der Waals surface area contributed by atoms with Crippen molar-refractivity contribution in [1.82, 2.24) is 0 Å². The van der Waals surface area contributed by atoms with Crippen molar-refractivity contribution in [3.8, 4) is 0 Å². The van der Waals surface area contributed by atoms with Crippen LogP contribution in [0.5, 0.6) is 0 Å². The number of para-hydroxylation sites is 1. The third-order valence-electron chi connectivity index (χ3n) is 6.47. The molecule has 154 valence electrons. The van der Waals surface area contributed by atoms with Gasteiger partial charge in [-0.15, -0.1) is 0 Å². The van der Waals surface area contributed by atoms with Crippen molar-refractivity contribution in [1.29, 1.82) is 0 Å². The molecule has 0 saturated heterocycles. The number of fused-ring (bicyclic) bond motifs is 2. The predicted molar refractivity (Wildman–Crippen MR) is 119 cm³/mol. The largest absolute Gasteiger partial charge is 0.373 e. The van der Waals surface area contributed by atoms with Crippen LogP contribution in [-0.4, -0.2) is 35.2 Å². The summed E-state index contributed by atoms with van der Waals surface area (Å²) in [6.07, 6.45) is 0.00242. The second kappa shape index (κ2) is 6.70. The highest BCUT2D eigenvalue weighted by atomic mass is 79.9. The van der Waals surface area contributed by atoms with Crippen molar-refractivity contribution in [2.24, 2.45) is 0 Å². The summed E-state index contributed by atoms with van der Waals surface area (Å²) in [5.74, 6) is -1.94. The zero-order chi connectivity index (χ0) is 22.0. The summed E-state index contributed by atoms with van der Waals surface area (Å²) < 4.78 is 0.861. The number of likely N-dealkylation sites (N-methyl/N-ethyl adjacent to an activating group) is 1. The van der Waals surface area contributed by atoms with Crippen molar-refractivity contribution in [3.05, 3.63) is 99.5 Å². The molecule has 1 unspecified atom stereocenters. The van der Waals surface area contributed by atoms with E-state index in [2.05, 4.69) is 15.9 Å². The Hall–Kier alpha value is -3.09. The molecule has 1 aliphatic carbocycles. The number of anilines is 1. The Morgan fingerprint density at radius 3 is 2.00 bits per heavy atom. The van der Waals surface area contributed by atoms with E-state index >= 15 is 0 Å². The normalized spacial score (nSPS) is 21.4. The smallest absolute Gasteiger partial charge is 0.241 e. The first-order valence-electron chi connectivity index (χ1n) is 9.85. The average molecular weight is 476 g/mol. The van der Waals surface area contributed by atoms with Gasteiger partial charge in [-0.25, -0.2) is 0 Å². The Kier molecular flexibility index (Phi) is 4.29. The lowest BCUT2D eigenvalue weighted by Gasteiger charge is -2.39. The van der Waals surface area contributed by atoms with E-state index in [-0.39, 0.29) is 17.5 Å². The van der Waals surface area contributed by atoms with E-state index in [1.807, 2.05) is 24.3 Å².